The highest BCUT2D eigenvalue weighted by Gasteiger charge is 2.16. The second-order valence-corrected chi connectivity index (χ2v) is 4.93. The third kappa shape index (κ3) is 2.96. The van der Waals surface area contributed by atoms with Crippen molar-refractivity contribution in [3.8, 4) is 0 Å². The number of nitrogens with zero attached hydrogens (tertiary/aromatic N) is 2. The summed E-state index contributed by atoms with van der Waals surface area (Å²) < 4.78 is 13.8. The predicted molar refractivity (Wildman–Crippen MR) is 78.1 cm³/mol. The summed E-state index contributed by atoms with van der Waals surface area (Å²) in [6.45, 7) is 3.62. The molecule has 3 nitrogen and oxygen atoms in total. The molecule has 0 saturated heterocycles. The number of hydrogen-bond acceptors (Lipinski definition) is 3. The first-order valence-electron chi connectivity index (χ1n) is 6.62. The van der Waals surface area contributed by atoms with Crippen molar-refractivity contribution in [1.82, 2.24) is 4.98 Å². The smallest absolute Gasteiger partial charge is 0.128 e. The molecule has 0 amide bonds. The molecule has 1 heterocycles. The first-order valence-corrected chi connectivity index (χ1v) is 6.62. The molecular weight excluding hydrogens is 255 g/mol. The summed E-state index contributed by atoms with van der Waals surface area (Å²) in [5.41, 5.74) is 2.15. The van der Waals surface area contributed by atoms with Crippen molar-refractivity contribution in [2.45, 2.75) is 26.0 Å². The van der Waals surface area contributed by atoms with Gasteiger partial charge in [-0.2, -0.15) is 0 Å². The topological polar surface area (TPSA) is 36.4 Å². The van der Waals surface area contributed by atoms with Crippen LogP contribution in [0.15, 0.2) is 42.6 Å². The maximum atomic E-state index is 13.8. The standard InChI is InChI=1S/C16H19FN2O/c1-11(14-6-4-5-7-15(14)17)19(3)13-8-9-16(12(2)20)18-10-13/h4-12,20H,1-3H3/t11?,12-/m0/s1. The Morgan fingerprint density at radius 2 is 1.85 bits per heavy atom. The average molecular weight is 274 g/mol. The first kappa shape index (κ1) is 14.5. The van der Waals surface area contributed by atoms with Gasteiger partial charge in [0, 0.05) is 12.6 Å². The molecule has 0 saturated carbocycles. The van der Waals surface area contributed by atoms with Gasteiger partial charge in [0.2, 0.25) is 0 Å². The monoisotopic (exact) mass is 274 g/mol. The molecule has 20 heavy (non-hydrogen) atoms. The lowest BCUT2D eigenvalue weighted by Gasteiger charge is -2.27. The number of pyridine rings is 1. The van der Waals surface area contributed by atoms with Gasteiger partial charge in [0.05, 0.1) is 29.7 Å². The molecule has 1 N–H and O–H groups in total. The van der Waals surface area contributed by atoms with Gasteiger partial charge in [-0.3, -0.25) is 4.98 Å². The van der Waals surface area contributed by atoms with Crippen molar-refractivity contribution in [3.05, 3.63) is 59.7 Å². The zero-order chi connectivity index (χ0) is 14.7. The van der Waals surface area contributed by atoms with E-state index in [1.54, 1.807) is 31.3 Å². The Labute approximate surface area is 118 Å². The van der Waals surface area contributed by atoms with Gasteiger partial charge >= 0.3 is 0 Å². The van der Waals surface area contributed by atoms with Crippen LogP contribution in [0.2, 0.25) is 0 Å². The minimum Gasteiger partial charge on any atom is -0.387 e. The first-order chi connectivity index (χ1) is 9.50. The summed E-state index contributed by atoms with van der Waals surface area (Å²) in [4.78, 5) is 6.17. The number of rotatable bonds is 4. The normalized spacial score (nSPS) is 13.8. The maximum absolute atomic E-state index is 13.8. The molecule has 0 aliphatic carbocycles. The van der Waals surface area contributed by atoms with Crippen molar-refractivity contribution in [1.29, 1.82) is 0 Å². The number of aliphatic hydroxyl groups excluding tert-OH is 1. The van der Waals surface area contributed by atoms with Gasteiger partial charge in [-0.25, -0.2) is 4.39 Å². The lowest BCUT2D eigenvalue weighted by atomic mass is 10.1. The number of aromatic nitrogens is 1. The summed E-state index contributed by atoms with van der Waals surface area (Å²) in [6, 6.07) is 10.3. The highest BCUT2D eigenvalue weighted by molar-refractivity contribution is 5.46. The molecular formula is C16H19FN2O. The fourth-order valence-electron chi connectivity index (χ4n) is 2.10. The Morgan fingerprint density at radius 3 is 2.40 bits per heavy atom. The molecule has 1 aromatic heterocycles. The number of anilines is 1. The lowest BCUT2D eigenvalue weighted by molar-refractivity contribution is 0.194. The van der Waals surface area contributed by atoms with Crippen molar-refractivity contribution >= 4 is 5.69 Å². The minimum absolute atomic E-state index is 0.101. The average Bonchev–Trinajstić information content (AvgIpc) is 2.46. The van der Waals surface area contributed by atoms with Crippen LogP contribution in [0.1, 0.15) is 37.3 Å². The third-order valence-corrected chi connectivity index (χ3v) is 3.54. The zero-order valence-electron chi connectivity index (χ0n) is 11.9. The van der Waals surface area contributed by atoms with E-state index in [0.29, 0.717) is 11.3 Å². The number of benzene rings is 1. The summed E-state index contributed by atoms with van der Waals surface area (Å²) in [5.74, 6) is -0.208. The molecule has 1 unspecified atom stereocenters. The molecule has 0 aliphatic heterocycles. The van der Waals surface area contributed by atoms with Gasteiger partial charge in [-0.05, 0) is 32.0 Å². The van der Waals surface area contributed by atoms with E-state index in [-0.39, 0.29) is 11.9 Å². The Hall–Kier alpha value is -1.94. The maximum Gasteiger partial charge on any atom is 0.128 e. The lowest BCUT2D eigenvalue weighted by Crippen LogP contribution is -2.22. The molecule has 0 fully saturated rings. The van der Waals surface area contributed by atoms with Crippen LogP contribution in [-0.2, 0) is 0 Å². The molecule has 0 aliphatic rings. The van der Waals surface area contributed by atoms with Crippen molar-refractivity contribution in [2.75, 3.05) is 11.9 Å². The quantitative estimate of drug-likeness (QED) is 0.927. The zero-order valence-corrected chi connectivity index (χ0v) is 11.9. The van der Waals surface area contributed by atoms with Crippen LogP contribution in [0.5, 0.6) is 0 Å². The van der Waals surface area contributed by atoms with Crippen LogP contribution < -0.4 is 4.90 Å². The molecule has 0 radical (unpaired) electrons. The molecule has 2 aromatic rings. The number of aliphatic hydroxyl groups is 1. The van der Waals surface area contributed by atoms with Crippen LogP contribution in [0, 0.1) is 5.82 Å². The third-order valence-electron chi connectivity index (χ3n) is 3.54. The number of hydrogen-bond donors (Lipinski definition) is 1. The van der Waals surface area contributed by atoms with E-state index in [1.165, 1.54) is 6.07 Å². The largest absolute Gasteiger partial charge is 0.387 e. The fourth-order valence-corrected chi connectivity index (χ4v) is 2.10. The number of halogens is 1. The SMILES string of the molecule is CC(c1ccccc1F)N(C)c1ccc([C@H](C)O)nc1. The van der Waals surface area contributed by atoms with E-state index in [2.05, 4.69) is 4.98 Å². The minimum atomic E-state index is -0.585. The molecule has 1 aromatic carbocycles. The van der Waals surface area contributed by atoms with E-state index in [4.69, 9.17) is 0 Å². The molecule has 2 atom stereocenters. The van der Waals surface area contributed by atoms with Gasteiger partial charge in [-0.15, -0.1) is 0 Å². The van der Waals surface area contributed by atoms with Crippen molar-refractivity contribution in [2.24, 2.45) is 0 Å². The van der Waals surface area contributed by atoms with Crippen LogP contribution in [-0.4, -0.2) is 17.1 Å². The Bertz CT molecular complexity index is 569. The molecule has 4 heteroatoms. The van der Waals surface area contributed by atoms with Crippen LogP contribution in [0.3, 0.4) is 0 Å². The van der Waals surface area contributed by atoms with E-state index in [0.717, 1.165) is 5.69 Å². The van der Waals surface area contributed by atoms with Gasteiger partial charge in [0.25, 0.3) is 0 Å². The van der Waals surface area contributed by atoms with Crippen LogP contribution >= 0.6 is 0 Å². The Balaban J connectivity index is 2.22. The summed E-state index contributed by atoms with van der Waals surface area (Å²) in [5, 5.41) is 9.45. The van der Waals surface area contributed by atoms with Crippen molar-refractivity contribution < 1.29 is 9.50 Å². The second kappa shape index (κ2) is 6.01. The van der Waals surface area contributed by atoms with Gasteiger partial charge in [0.1, 0.15) is 5.82 Å². The van der Waals surface area contributed by atoms with E-state index in [1.807, 2.05) is 31.0 Å². The summed E-state index contributed by atoms with van der Waals surface area (Å²) >= 11 is 0. The van der Waals surface area contributed by atoms with Crippen LogP contribution in [0.25, 0.3) is 0 Å². The van der Waals surface area contributed by atoms with Crippen molar-refractivity contribution in [3.63, 3.8) is 0 Å². The van der Waals surface area contributed by atoms with Crippen LogP contribution in [0.4, 0.5) is 10.1 Å². The second-order valence-electron chi connectivity index (χ2n) is 4.93. The Kier molecular flexibility index (Phi) is 4.35. The Morgan fingerprint density at radius 1 is 1.15 bits per heavy atom. The highest BCUT2D eigenvalue weighted by Crippen LogP contribution is 2.26. The molecule has 106 valence electrons. The molecule has 2 rings (SSSR count). The molecule has 0 spiro atoms. The molecule has 0 bridgehead atoms. The van der Waals surface area contributed by atoms with E-state index >= 15 is 0 Å². The highest BCUT2D eigenvalue weighted by atomic mass is 19.1. The van der Waals surface area contributed by atoms with E-state index in [9.17, 15) is 9.50 Å². The van der Waals surface area contributed by atoms with Gasteiger partial charge in [-0.1, -0.05) is 18.2 Å². The van der Waals surface area contributed by atoms with Gasteiger partial charge in [0.15, 0.2) is 0 Å². The predicted octanol–water partition coefficient (Wildman–Crippen LogP) is 3.47. The van der Waals surface area contributed by atoms with E-state index < -0.39 is 6.10 Å². The fraction of sp³-hybridized carbons (Fsp3) is 0.312. The summed E-state index contributed by atoms with van der Waals surface area (Å²) in [7, 11) is 1.90. The van der Waals surface area contributed by atoms with Gasteiger partial charge < -0.3 is 10.0 Å². The summed E-state index contributed by atoms with van der Waals surface area (Å²) in [6.07, 6.45) is 1.11.